The predicted molar refractivity (Wildman–Crippen MR) is 115 cm³/mol. The summed E-state index contributed by atoms with van der Waals surface area (Å²) in [5, 5.41) is 15.9. The minimum absolute atomic E-state index is 0.0779. The van der Waals surface area contributed by atoms with E-state index in [0.29, 0.717) is 5.92 Å². The summed E-state index contributed by atoms with van der Waals surface area (Å²) in [6.07, 6.45) is 11.9. The van der Waals surface area contributed by atoms with Crippen LogP contribution in [0, 0.1) is 11.3 Å². The van der Waals surface area contributed by atoms with Gasteiger partial charge in [0.05, 0.1) is 29.4 Å². The molecule has 1 fully saturated rings. The van der Waals surface area contributed by atoms with Crippen LogP contribution in [-0.2, 0) is 12.0 Å². The van der Waals surface area contributed by atoms with Gasteiger partial charge in [0, 0.05) is 6.20 Å². The number of aliphatic hydroxyl groups is 1. The van der Waals surface area contributed by atoms with E-state index in [0.717, 1.165) is 36.9 Å². The fourth-order valence-electron chi connectivity index (χ4n) is 5.34. The number of hydrogen-bond donors (Lipinski definition) is 1. The molecule has 29 heavy (non-hydrogen) atoms. The van der Waals surface area contributed by atoms with Crippen molar-refractivity contribution in [3.05, 3.63) is 83.4 Å². The first-order chi connectivity index (χ1) is 14.0. The largest absolute Gasteiger partial charge is 0.385 e. The molecule has 0 amide bonds. The van der Waals surface area contributed by atoms with Crippen molar-refractivity contribution >= 4 is 6.08 Å². The van der Waals surface area contributed by atoms with Gasteiger partial charge in [-0.3, -0.25) is 4.98 Å². The molecule has 2 aliphatic carbocycles. The van der Waals surface area contributed by atoms with E-state index in [9.17, 15) is 5.11 Å². The van der Waals surface area contributed by atoms with Gasteiger partial charge in [-0.15, -0.1) is 0 Å². The molecule has 148 valence electrons. The number of aromatic nitrogens is 3. The number of pyridine rings is 1. The van der Waals surface area contributed by atoms with Crippen molar-refractivity contribution in [2.24, 2.45) is 11.3 Å². The molecule has 0 radical (unpaired) electrons. The minimum Gasteiger partial charge on any atom is -0.385 e. The highest BCUT2D eigenvalue weighted by atomic mass is 16.3. The second-order valence-electron chi connectivity index (χ2n) is 9.02. The van der Waals surface area contributed by atoms with Crippen LogP contribution in [0.2, 0.25) is 0 Å². The highest BCUT2D eigenvalue weighted by molar-refractivity contribution is 5.61. The molecule has 1 N–H and O–H groups in total. The molecule has 0 saturated heterocycles. The lowest BCUT2D eigenvalue weighted by Gasteiger charge is -2.39. The monoisotopic (exact) mass is 385 g/mol. The Hall–Kier alpha value is -2.72. The van der Waals surface area contributed by atoms with Crippen LogP contribution in [0.5, 0.6) is 0 Å². The van der Waals surface area contributed by atoms with E-state index >= 15 is 0 Å². The first-order valence-electron chi connectivity index (χ1n) is 10.4. The minimum atomic E-state index is -0.815. The average molecular weight is 386 g/mol. The Kier molecular flexibility index (Phi) is 4.21. The van der Waals surface area contributed by atoms with Crippen molar-refractivity contribution in [3.63, 3.8) is 0 Å². The van der Waals surface area contributed by atoms with Crippen molar-refractivity contribution in [2.45, 2.75) is 45.1 Å². The third kappa shape index (κ3) is 3.03. The van der Waals surface area contributed by atoms with E-state index in [1.807, 2.05) is 66.5 Å². The molecule has 2 aromatic heterocycles. The van der Waals surface area contributed by atoms with E-state index in [1.54, 1.807) is 6.20 Å². The summed E-state index contributed by atoms with van der Waals surface area (Å²) in [5.74, 6) is 0.443. The van der Waals surface area contributed by atoms with Crippen LogP contribution in [0.15, 0.2) is 66.6 Å². The molecule has 2 unspecified atom stereocenters. The van der Waals surface area contributed by atoms with E-state index in [1.165, 1.54) is 16.8 Å². The van der Waals surface area contributed by atoms with Crippen molar-refractivity contribution in [2.75, 3.05) is 0 Å². The molecule has 2 heterocycles. The van der Waals surface area contributed by atoms with Crippen LogP contribution < -0.4 is 0 Å². The third-order valence-electron chi connectivity index (χ3n) is 7.08. The lowest BCUT2D eigenvalue weighted by atomic mass is 9.66. The quantitative estimate of drug-likeness (QED) is 0.693. The van der Waals surface area contributed by atoms with Crippen molar-refractivity contribution < 1.29 is 5.11 Å². The van der Waals surface area contributed by atoms with Gasteiger partial charge in [0.25, 0.3) is 0 Å². The topological polar surface area (TPSA) is 50.9 Å². The van der Waals surface area contributed by atoms with Gasteiger partial charge in [0.2, 0.25) is 0 Å². The van der Waals surface area contributed by atoms with Crippen LogP contribution in [-0.4, -0.2) is 19.9 Å². The van der Waals surface area contributed by atoms with Gasteiger partial charge in [-0.25, -0.2) is 4.68 Å². The lowest BCUT2D eigenvalue weighted by Crippen LogP contribution is -2.34. The molecule has 0 spiro atoms. The van der Waals surface area contributed by atoms with Crippen LogP contribution in [0.25, 0.3) is 11.8 Å². The van der Waals surface area contributed by atoms with Crippen molar-refractivity contribution in [1.82, 2.24) is 14.8 Å². The number of hydrogen-bond acceptors (Lipinski definition) is 3. The predicted octanol–water partition coefficient (Wildman–Crippen LogP) is 4.92. The van der Waals surface area contributed by atoms with Gasteiger partial charge >= 0.3 is 0 Å². The fraction of sp³-hybridized carbons (Fsp3) is 0.360. The Labute approximate surface area is 171 Å². The second-order valence-corrected chi connectivity index (χ2v) is 9.02. The highest BCUT2D eigenvalue weighted by Crippen LogP contribution is 2.56. The van der Waals surface area contributed by atoms with Crippen LogP contribution in [0.3, 0.4) is 0 Å². The number of allylic oxidation sites excluding steroid dienone is 1. The molecule has 0 bridgehead atoms. The zero-order chi connectivity index (χ0) is 20.1. The van der Waals surface area contributed by atoms with Crippen LogP contribution >= 0.6 is 0 Å². The first-order valence-corrected chi connectivity index (χ1v) is 10.4. The summed E-state index contributed by atoms with van der Waals surface area (Å²) in [6.45, 7) is 4.34. The lowest BCUT2D eigenvalue weighted by molar-refractivity contribution is 0.0141. The number of benzene rings is 1. The van der Waals surface area contributed by atoms with Crippen molar-refractivity contribution in [1.29, 1.82) is 0 Å². The zero-order valence-electron chi connectivity index (χ0n) is 17.0. The third-order valence-corrected chi connectivity index (χ3v) is 7.08. The van der Waals surface area contributed by atoms with Gasteiger partial charge in [0.15, 0.2) is 0 Å². The molecule has 2 aliphatic rings. The molecular formula is C25H27N3O. The maximum atomic E-state index is 11.3. The number of rotatable bonds is 4. The molecule has 3 aromatic rings. The van der Waals surface area contributed by atoms with Gasteiger partial charge in [-0.2, -0.15) is 5.10 Å². The molecule has 0 aliphatic heterocycles. The van der Waals surface area contributed by atoms with Gasteiger partial charge in [0.1, 0.15) is 0 Å². The molecule has 4 heteroatoms. The summed E-state index contributed by atoms with van der Waals surface area (Å²) < 4.78 is 2.00. The summed E-state index contributed by atoms with van der Waals surface area (Å²) >= 11 is 0. The van der Waals surface area contributed by atoms with Gasteiger partial charge < -0.3 is 5.11 Å². The molecule has 5 rings (SSSR count). The maximum absolute atomic E-state index is 11.3. The summed E-state index contributed by atoms with van der Waals surface area (Å²) in [7, 11) is 0. The van der Waals surface area contributed by atoms with Crippen LogP contribution in [0.4, 0.5) is 0 Å². The Bertz CT molecular complexity index is 1050. The highest BCUT2D eigenvalue weighted by Gasteiger charge is 2.47. The van der Waals surface area contributed by atoms with Gasteiger partial charge in [-0.05, 0) is 73.3 Å². The Morgan fingerprint density at radius 2 is 2.00 bits per heavy atom. The average Bonchev–Trinajstić information content (AvgIpc) is 3.27. The van der Waals surface area contributed by atoms with E-state index in [4.69, 9.17) is 0 Å². The SMILES string of the molecule is CC(O)(C[C@H]1CCC2=Cc3c(cnn3-c3cccnc3)CC21C)c1ccccc1. The smallest absolute Gasteiger partial charge is 0.0871 e. The molecular weight excluding hydrogens is 358 g/mol. The van der Waals surface area contributed by atoms with E-state index < -0.39 is 5.60 Å². The van der Waals surface area contributed by atoms with E-state index in [2.05, 4.69) is 23.1 Å². The summed E-state index contributed by atoms with van der Waals surface area (Å²) in [4.78, 5) is 4.24. The number of fused-ring (bicyclic) bond motifs is 2. The Morgan fingerprint density at radius 3 is 2.76 bits per heavy atom. The second kappa shape index (κ2) is 6.67. The fourth-order valence-corrected chi connectivity index (χ4v) is 5.34. The van der Waals surface area contributed by atoms with Gasteiger partial charge in [-0.1, -0.05) is 42.8 Å². The standard InChI is InChI=1S/C25H27N3O/c1-24-14-18-16-27-28(22-9-6-12-26-17-22)23(18)13-20(24)10-11-21(24)15-25(2,29)19-7-4-3-5-8-19/h3-9,12-13,16-17,21,29H,10-11,14-15H2,1-2H3/t21-,24?,25?/m1/s1. The first kappa shape index (κ1) is 18.3. The normalized spacial score (nSPS) is 25.1. The molecule has 4 nitrogen and oxygen atoms in total. The summed E-state index contributed by atoms with van der Waals surface area (Å²) in [6, 6.07) is 14.1. The Balaban J connectivity index is 1.45. The molecule has 1 aromatic carbocycles. The Morgan fingerprint density at radius 1 is 1.17 bits per heavy atom. The molecule has 3 atom stereocenters. The maximum Gasteiger partial charge on any atom is 0.0871 e. The van der Waals surface area contributed by atoms with E-state index in [-0.39, 0.29) is 5.41 Å². The molecule has 1 saturated carbocycles. The van der Waals surface area contributed by atoms with Crippen LogP contribution in [0.1, 0.15) is 49.9 Å². The summed E-state index contributed by atoms with van der Waals surface area (Å²) in [5.41, 5.74) is 5.22. The zero-order valence-corrected chi connectivity index (χ0v) is 17.0. The van der Waals surface area contributed by atoms with Crippen molar-refractivity contribution in [3.8, 4) is 5.69 Å². The number of nitrogens with zero attached hydrogens (tertiary/aromatic N) is 3.